The van der Waals surface area contributed by atoms with Crippen LogP contribution in [0.5, 0.6) is 0 Å². The third-order valence-electron chi connectivity index (χ3n) is 10.9. The fourth-order valence-corrected chi connectivity index (χ4v) is 9.53. The lowest BCUT2D eigenvalue weighted by atomic mass is 9.44. The number of ether oxygens (including phenoxy) is 3. The number of esters is 1. The standard InChI is InChI=1S/C32H42ClNO7/c1-5-6-12-31-13-11-21(35)16-20(31)9-10-22-23-15-19(2)32(26(36)18-33,41-28(37)24-8-7-14-39-24)30(23,3)17-25(27(22)31)40-29(38)34-4/h6-7,12,14,16,19,22-25,27H,5,8-11,13,15,17-18H2,1-4H3,(H,34,38). The van der Waals surface area contributed by atoms with E-state index in [9.17, 15) is 19.2 Å². The lowest BCUT2D eigenvalue weighted by molar-refractivity contribution is -0.208. The maximum absolute atomic E-state index is 13.9. The van der Waals surface area contributed by atoms with Crippen LogP contribution >= 0.6 is 11.6 Å². The molecule has 0 aromatic carbocycles. The van der Waals surface area contributed by atoms with Gasteiger partial charge in [-0.25, -0.2) is 9.59 Å². The summed E-state index contributed by atoms with van der Waals surface area (Å²) in [4.78, 5) is 52.8. The molecular formula is C32H42ClNO7. The number of ketones is 2. The van der Waals surface area contributed by atoms with Gasteiger partial charge in [0.25, 0.3) is 0 Å². The van der Waals surface area contributed by atoms with Crippen LogP contribution in [0.2, 0.25) is 0 Å². The second kappa shape index (κ2) is 11.2. The summed E-state index contributed by atoms with van der Waals surface area (Å²) in [6.07, 6.45) is 12.4. The number of Topliss-reactive ketones (excluding diaryl/α,β-unsaturated/α-hetero) is 1. The summed E-state index contributed by atoms with van der Waals surface area (Å²) in [7, 11) is 1.53. The van der Waals surface area contributed by atoms with Gasteiger partial charge in [-0.3, -0.25) is 9.59 Å². The Morgan fingerprint density at radius 3 is 2.71 bits per heavy atom. The zero-order valence-corrected chi connectivity index (χ0v) is 25.2. The summed E-state index contributed by atoms with van der Waals surface area (Å²) in [5.41, 5.74) is -1.62. The number of carbonyl (C=O) groups excluding carboxylic acids is 4. The molecule has 0 aromatic heterocycles. The van der Waals surface area contributed by atoms with E-state index in [1.165, 1.54) is 13.3 Å². The first-order valence-electron chi connectivity index (χ1n) is 15.0. The van der Waals surface area contributed by atoms with Gasteiger partial charge in [-0.1, -0.05) is 38.5 Å². The van der Waals surface area contributed by atoms with E-state index < -0.39 is 40.7 Å². The normalized spacial score (nSPS) is 41.1. The molecule has 0 aromatic rings. The number of rotatable bonds is 7. The molecule has 4 aliphatic carbocycles. The topological polar surface area (TPSA) is 108 Å². The Labute approximate surface area is 247 Å². The van der Waals surface area contributed by atoms with Crippen molar-refractivity contribution in [3.8, 4) is 0 Å². The van der Waals surface area contributed by atoms with Crippen LogP contribution in [0.15, 0.2) is 36.1 Å². The van der Waals surface area contributed by atoms with E-state index in [-0.39, 0.29) is 41.1 Å². The van der Waals surface area contributed by atoms with Crippen molar-refractivity contribution in [2.45, 2.75) is 89.9 Å². The number of alkyl carbamates (subject to hydrolysis) is 1. The maximum atomic E-state index is 13.9. The third kappa shape index (κ3) is 4.56. The molecule has 0 radical (unpaired) electrons. The highest BCUT2D eigenvalue weighted by Gasteiger charge is 2.73. The summed E-state index contributed by atoms with van der Waals surface area (Å²) < 4.78 is 18.0. The predicted octanol–water partition coefficient (Wildman–Crippen LogP) is 5.44. The quantitative estimate of drug-likeness (QED) is 0.240. The van der Waals surface area contributed by atoms with Gasteiger partial charge in [0.1, 0.15) is 6.10 Å². The van der Waals surface area contributed by atoms with Crippen LogP contribution in [-0.4, -0.2) is 54.4 Å². The Hall–Kier alpha value is -2.61. The van der Waals surface area contributed by atoms with Gasteiger partial charge in [0.15, 0.2) is 23.3 Å². The van der Waals surface area contributed by atoms with Gasteiger partial charge in [-0.2, -0.15) is 0 Å². The molecule has 5 aliphatic rings. The van der Waals surface area contributed by atoms with Crippen LogP contribution in [0.4, 0.5) is 4.79 Å². The predicted molar refractivity (Wildman–Crippen MR) is 153 cm³/mol. The number of alkyl halides is 1. The molecule has 41 heavy (non-hydrogen) atoms. The second-order valence-electron chi connectivity index (χ2n) is 12.7. The van der Waals surface area contributed by atoms with Gasteiger partial charge in [0.2, 0.25) is 0 Å². The van der Waals surface area contributed by atoms with Crippen LogP contribution in [-0.2, 0) is 28.6 Å². The Morgan fingerprint density at radius 2 is 2.05 bits per heavy atom. The van der Waals surface area contributed by atoms with Crippen molar-refractivity contribution in [3.63, 3.8) is 0 Å². The number of hydrogen-bond donors (Lipinski definition) is 1. The van der Waals surface area contributed by atoms with E-state index in [2.05, 4.69) is 24.4 Å². The first kappa shape index (κ1) is 29.9. The Balaban J connectivity index is 1.64. The van der Waals surface area contributed by atoms with Crippen molar-refractivity contribution >= 4 is 35.2 Å². The van der Waals surface area contributed by atoms with Crippen LogP contribution in [0.1, 0.15) is 72.1 Å². The molecule has 5 rings (SSSR count). The van der Waals surface area contributed by atoms with Gasteiger partial charge in [-0.15, -0.1) is 11.6 Å². The summed E-state index contributed by atoms with van der Waals surface area (Å²) >= 11 is 6.26. The average Bonchev–Trinajstić information content (AvgIpc) is 3.57. The van der Waals surface area contributed by atoms with Crippen molar-refractivity contribution in [1.29, 1.82) is 0 Å². The fourth-order valence-electron chi connectivity index (χ4n) is 9.33. The van der Waals surface area contributed by atoms with Crippen molar-refractivity contribution < 1.29 is 33.4 Å². The number of nitrogens with one attached hydrogen (secondary N) is 1. The number of halogens is 1. The lowest BCUT2D eigenvalue weighted by Gasteiger charge is -2.61. The second-order valence-corrected chi connectivity index (χ2v) is 13.0. The molecule has 3 fully saturated rings. The molecule has 224 valence electrons. The highest BCUT2D eigenvalue weighted by atomic mass is 35.5. The SMILES string of the molecule is CCC=CC12CCC(=O)C=C1CCC1C2C(OC(=O)NC)CC2(C)C1CC(C)C2(OC(=O)C1CC=CO1)C(=O)CCl. The Kier molecular flexibility index (Phi) is 8.18. The first-order chi connectivity index (χ1) is 19.6. The van der Waals surface area contributed by atoms with E-state index >= 15 is 0 Å². The first-order valence-corrected chi connectivity index (χ1v) is 15.5. The number of carbonyl (C=O) groups is 4. The zero-order chi connectivity index (χ0) is 29.6. The smallest absolute Gasteiger partial charge is 0.407 e. The summed E-state index contributed by atoms with van der Waals surface area (Å²) in [5, 5.41) is 2.60. The van der Waals surface area contributed by atoms with Gasteiger partial charge >= 0.3 is 12.1 Å². The van der Waals surface area contributed by atoms with E-state index in [1.807, 2.05) is 19.9 Å². The van der Waals surface area contributed by atoms with Crippen molar-refractivity contribution in [1.82, 2.24) is 5.32 Å². The van der Waals surface area contributed by atoms with Gasteiger partial charge < -0.3 is 19.5 Å². The molecule has 9 unspecified atom stereocenters. The van der Waals surface area contributed by atoms with Gasteiger partial charge in [-0.05, 0) is 62.5 Å². The molecule has 0 saturated heterocycles. The number of allylic oxidation sites excluding steroid dienone is 3. The molecule has 0 spiro atoms. The highest BCUT2D eigenvalue weighted by molar-refractivity contribution is 6.29. The van der Waals surface area contributed by atoms with E-state index in [0.29, 0.717) is 32.1 Å². The van der Waals surface area contributed by atoms with E-state index in [1.54, 1.807) is 6.08 Å². The summed E-state index contributed by atoms with van der Waals surface area (Å²) in [6, 6.07) is 0. The average molecular weight is 588 g/mol. The van der Waals surface area contributed by atoms with E-state index in [0.717, 1.165) is 24.8 Å². The van der Waals surface area contributed by atoms with Crippen LogP contribution in [0, 0.1) is 34.5 Å². The van der Waals surface area contributed by atoms with Gasteiger partial charge in [0.05, 0.1) is 12.1 Å². The fraction of sp³-hybridized carbons (Fsp3) is 0.688. The van der Waals surface area contributed by atoms with Crippen LogP contribution in [0.3, 0.4) is 0 Å². The molecule has 9 atom stereocenters. The minimum Gasteiger partial charge on any atom is -0.486 e. The summed E-state index contributed by atoms with van der Waals surface area (Å²) in [6.45, 7) is 6.08. The minimum absolute atomic E-state index is 0.0145. The Morgan fingerprint density at radius 1 is 1.27 bits per heavy atom. The van der Waals surface area contributed by atoms with E-state index in [4.69, 9.17) is 25.8 Å². The monoisotopic (exact) mass is 587 g/mol. The summed E-state index contributed by atoms with van der Waals surface area (Å²) in [5.74, 6) is -1.35. The van der Waals surface area contributed by atoms with Crippen molar-refractivity contribution in [2.75, 3.05) is 12.9 Å². The van der Waals surface area contributed by atoms with Crippen LogP contribution in [0.25, 0.3) is 0 Å². The molecule has 1 aliphatic heterocycles. The van der Waals surface area contributed by atoms with Crippen molar-refractivity contribution in [3.05, 3.63) is 36.1 Å². The third-order valence-corrected chi connectivity index (χ3v) is 11.1. The minimum atomic E-state index is -1.48. The van der Waals surface area contributed by atoms with Gasteiger partial charge in [0, 0.05) is 42.6 Å². The highest BCUT2D eigenvalue weighted by Crippen LogP contribution is 2.70. The molecular weight excluding hydrogens is 546 g/mol. The lowest BCUT2D eigenvalue weighted by Crippen LogP contribution is -2.65. The van der Waals surface area contributed by atoms with Crippen molar-refractivity contribution in [2.24, 2.45) is 34.5 Å². The maximum Gasteiger partial charge on any atom is 0.407 e. The molecule has 1 N–H and O–H groups in total. The molecule has 8 nitrogen and oxygen atoms in total. The molecule has 9 heteroatoms. The van der Waals surface area contributed by atoms with Crippen LogP contribution < -0.4 is 5.32 Å². The molecule has 3 saturated carbocycles. The Bertz CT molecular complexity index is 1190. The zero-order valence-electron chi connectivity index (χ0n) is 24.5. The number of amides is 1. The molecule has 0 bridgehead atoms. The molecule has 1 heterocycles. The largest absolute Gasteiger partial charge is 0.486 e. The number of hydrogen-bond acceptors (Lipinski definition) is 7. The number of fused-ring (bicyclic) bond motifs is 5. The molecule has 1 amide bonds.